The molecule has 0 aromatic carbocycles. The lowest BCUT2D eigenvalue weighted by atomic mass is 10.0. The molecule has 0 saturated heterocycles. The lowest BCUT2D eigenvalue weighted by Crippen LogP contribution is -2.40. The Morgan fingerprint density at radius 1 is 1.06 bits per heavy atom. The minimum atomic E-state index is -4.64. The van der Waals surface area contributed by atoms with Crippen molar-refractivity contribution in [1.29, 1.82) is 0 Å². The zero-order valence-corrected chi connectivity index (χ0v) is 19.5. The maximum Gasteiger partial charge on any atom is 0.434 e. The molecular weight excluding hydrogens is 487 g/mol. The molecule has 0 radical (unpaired) electrons. The van der Waals surface area contributed by atoms with Crippen LogP contribution in [0.3, 0.4) is 0 Å². The number of thiazole rings is 1. The SMILES string of the molecule is CCNC(=O)Nc1cc(-c2nc(C(F)(F)F)c(C)s2)c(-c2cncc(C(=O)NNC(C)=O)c2)cn1. The van der Waals surface area contributed by atoms with E-state index in [0.29, 0.717) is 17.7 Å². The summed E-state index contributed by atoms with van der Waals surface area (Å²) in [4.78, 5) is 47.2. The number of aryl methyl sites for hydroxylation is 1. The van der Waals surface area contributed by atoms with Gasteiger partial charge in [-0.25, -0.2) is 14.8 Å². The van der Waals surface area contributed by atoms with Crippen molar-refractivity contribution in [2.24, 2.45) is 0 Å². The fourth-order valence-electron chi connectivity index (χ4n) is 2.95. The molecule has 0 bridgehead atoms. The third kappa shape index (κ3) is 6.29. The van der Waals surface area contributed by atoms with Crippen molar-refractivity contribution in [1.82, 2.24) is 31.1 Å². The number of hydrogen-bond acceptors (Lipinski definition) is 7. The molecule has 0 atom stereocenters. The summed E-state index contributed by atoms with van der Waals surface area (Å²) < 4.78 is 40.2. The monoisotopic (exact) mass is 507 g/mol. The van der Waals surface area contributed by atoms with Crippen LogP contribution < -0.4 is 21.5 Å². The van der Waals surface area contributed by atoms with E-state index in [2.05, 4.69) is 36.4 Å². The van der Waals surface area contributed by atoms with Crippen molar-refractivity contribution in [3.63, 3.8) is 0 Å². The standard InChI is InChI=1S/C21H20F3N7O3S/c1-4-26-20(34)28-16-6-14(19-29-17(10(2)35-19)21(22,23)24)15(9-27-16)12-5-13(8-25-7-12)18(33)31-30-11(3)32/h5-9H,4H2,1-3H3,(H,30,32)(H,31,33)(H2,26,27,28,34). The van der Waals surface area contributed by atoms with Crippen LogP contribution in [0.1, 0.15) is 34.8 Å². The van der Waals surface area contributed by atoms with Gasteiger partial charge in [-0.1, -0.05) is 0 Å². The van der Waals surface area contributed by atoms with Crippen LogP contribution >= 0.6 is 11.3 Å². The summed E-state index contributed by atoms with van der Waals surface area (Å²) in [6.45, 7) is 4.61. The third-order valence-corrected chi connectivity index (χ3v) is 5.45. The number of nitrogens with one attached hydrogen (secondary N) is 4. The summed E-state index contributed by atoms with van der Waals surface area (Å²) in [5.41, 5.74) is 4.37. The molecule has 35 heavy (non-hydrogen) atoms. The minimum Gasteiger partial charge on any atom is -0.338 e. The van der Waals surface area contributed by atoms with Crippen molar-refractivity contribution in [3.8, 4) is 21.7 Å². The number of nitrogens with zero attached hydrogens (tertiary/aromatic N) is 3. The van der Waals surface area contributed by atoms with Crippen molar-refractivity contribution < 1.29 is 27.6 Å². The van der Waals surface area contributed by atoms with Crippen LogP contribution in [-0.2, 0) is 11.0 Å². The number of urea groups is 1. The largest absolute Gasteiger partial charge is 0.434 e. The second-order valence-electron chi connectivity index (χ2n) is 7.12. The summed E-state index contributed by atoms with van der Waals surface area (Å²) >= 11 is 0.828. The molecule has 10 nitrogen and oxygen atoms in total. The molecule has 0 aliphatic carbocycles. The molecule has 0 fully saturated rings. The van der Waals surface area contributed by atoms with E-state index >= 15 is 0 Å². The summed E-state index contributed by atoms with van der Waals surface area (Å²) in [6, 6.07) is 2.29. The quantitative estimate of drug-likeness (QED) is 0.390. The average Bonchev–Trinajstić information content (AvgIpc) is 3.19. The van der Waals surface area contributed by atoms with E-state index in [1.807, 2.05) is 0 Å². The number of amides is 4. The third-order valence-electron chi connectivity index (χ3n) is 4.44. The number of aromatic nitrogens is 3. The van der Waals surface area contributed by atoms with E-state index < -0.39 is 29.7 Å². The van der Waals surface area contributed by atoms with Crippen molar-refractivity contribution >= 4 is 35.0 Å². The lowest BCUT2D eigenvalue weighted by molar-refractivity contribution is -0.141. The Morgan fingerprint density at radius 3 is 2.43 bits per heavy atom. The molecule has 3 heterocycles. The second kappa shape index (κ2) is 10.5. The van der Waals surface area contributed by atoms with Crippen LogP contribution in [0.4, 0.5) is 23.8 Å². The van der Waals surface area contributed by atoms with E-state index in [9.17, 15) is 27.6 Å². The molecule has 4 N–H and O–H groups in total. The van der Waals surface area contributed by atoms with Crippen LogP contribution in [0.15, 0.2) is 30.7 Å². The Labute approximate surface area is 201 Å². The lowest BCUT2D eigenvalue weighted by Gasteiger charge is -2.12. The van der Waals surface area contributed by atoms with Crippen LogP contribution in [0.25, 0.3) is 21.7 Å². The Hall–Kier alpha value is -4.07. The number of anilines is 1. The van der Waals surface area contributed by atoms with Gasteiger partial charge in [0.25, 0.3) is 5.91 Å². The molecule has 3 rings (SSSR count). The molecule has 0 aliphatic heterocycles. The van der Waals surface area contributed by atoms with Crippen LogP contribution in [0.2, 0.25) is 0 Å². The van der Waals surface area contributed by atoms with E-state index in [1.165, 1.54) is 44.6 Å². The number of rotatable bonds is 5. The van der Waals surface area contributed by atoms with Crippen LogP contribution in [0.5, 0.6) is 0 Å². The van der Waals surface area contributed by atoms with Gasteiger partial charge in [-0.3, -0.25) is 30.7 Å². The number of hydrogen-bond donors (Lipinski definition) is 4. The minimum absolute atomic E-state index is 0.0324. The predicted octanol–water partition coefficient (Wildman–Crippen LogP) is 3.52. The molecule has 4 amide bonds. The van der Waals surface area contributed by atoms with Gasteiger partial charge in [-0.15, -0.1) is 11.3 Å². The van der Waals surface area contributed by atoms with Gasteiger partial charge in [0.1, 0.15) is 10.8 Å². The molecule has 3 aromatic heterocycles. The molecule has 0 unspecified atom stereocenters. The Morgan fingerprint density at radius 2 is 1.80 bits per heavy atom. The summed E-state index contributed by atoms with van der Waals surface area (Å²) in [5, 5.41) is 5.09. The number of alkyl halides is 3. The zero-order chi connectivity index (χ0) is 25.8. The van der Waals surface area contributed by atoms with Gasteiger partial charge in [0.15, 0.2) is 5.69 Å². The van der Waals surface area contributed by atoms with E-state index in [1.54, 1.807) is 6.92 Å². The first kappa shape index (κ1) is 25.6. The molecule has 3 aromatic rings. The van der Waals surface area contributed by atoms with E-state index in [0.717, 1.165) is 11.3 Å². The van der Waals surface area contributed by atoms with Crippen molar-refractivity contribution in [3.05, 3.63) is 46.9 Å². The Kier molecular flexibility index (Phi) is 7.64. The van der Waals surface area contributed by atoms with Gasteiger partial charge in [0, 0.05) is 53.6 Å². The average molecular weight is 507 g/mol. The topological polar surface area (TPSA) is 138 Å². The smallest absolute Gasteiger partial charge is 0.338 e. The molecule has 0 aliphatic rings. The second-order valence-corrected chi connectivity index (χ2v) is 8.32. The van der Waals surface area contributed by atoms with Crippen molar-refractivity contribution in [2.45, 2.75) is 26.9 Å². The van der Waals surface area contributed by atoms with E-state index in [-0.39, 0.29) is 26.8 Å². The molecule has 184 valence electrons. The highest BCUT2D eigenvalue weighted by Crippen LogP contribution is 2.40. The van der Waals surface area contributed by atoms with Gasteiger partial charge >= 0.3 is 12.2 Å². The maximum atomic E-state index is 13.4. The summed E-state index contributed by atoms with van der Waals surface area (Å²) in [6.07, 6.45) is -0.642. The first-order chi connectivity index (χ1) is 16.5. The maximum absolute atomic E-state index is 13.4. The number of halogens is 3. The zero-order valence-electron chi connectivity index (χ0n) is 18.7. The normalized spacial score (nSPS) is 11.0. The van der Waals surface area contributed by atoms with Gasteiger partial charge in [-0.05, 0) is 26.0 Å². The highest BCUT2D eigenvalue weighted by molar-refractivity contribution is 7.15. The highest BCUT2D eigenvalue weighted by atomic mass is 32.1. The summed E-state index contributed by atoms with van der Waals surface area (Å²) in [5.74, 6) is -1.05. The molecule has 0 saturated carbocycles. The first-order valence-electron chi connectivity index (χ1n) is 10.1. The number of hydrazine groups is 1. The summed E-state index contributed by atoms with van der Waals surface area (Å²) in [7, 11) is 0. The first-order valence-corrected chi connectivity index (χ1v) is 10.9. The van der Waals surface area contributed by atoms with Gasteiger partial charge in [0.2, 0.25) is 5.91 Å². The van der Waals surface area contributed by atoms with Gasteiger partial charge in [-0.2, -0.15) is 13.2 Å². The van der Waals surface area contributed by atoms with Crippen molar-refractivity contribution in [2.75, 3.05) is 11.9 Å². The molecular formula is C21H20F3N7O3S. The fourth-order valence-corrected chi connectivity index (χ4v) is 3.92. The number of carbonyl (C=O) groups excluding carboxylic acids is 3. The van der Waals surface area contributed by atoms with Crippen LogP contribution in [0, 0.1) is 6.92 Å². The van der Waals surface area contributed by atoms with Gasteiger partial charge < -0.3 is 5.32 Å². The molecule has 0 spiro atoms. The molecule has 14 heteroatoms. The van der Waals surface area contributed by atoms with E-state index in [4.69, 9.17) is 0 Å². The highest BCUT2D eigenvalue weighted by Gasteiger charge is 2.36. The fraction of sp³-hybridized carbons (Fsp3) is 0.238. The Bertz CT molecular complexity index is 1280. The van der Waals surface area contributed by atoms with Crippen LogP contribution in [-0.4, -0.2) is 39.3 Å². The van der Waals surface area contributed by atoms with Gasteiger partial charge in [0.05, 0.1) is 5.56 Å². The number of pyridine rings is 2. The predicted molar refractivity (Wildman–Crippen MR) is 122 cm³/mol. The Balaban J connectivity index is 2.10. The number of carbonyl (C=O) groups is 3.